The molecule has 0 saturated carbocycles. The van der Waals surface area contributed by atoms with Crippen molar-refractivity contribution >= 4 is 11.8 Å². The van der Waals surface area contributed by atoms with E-state index in [0.717, 1.165) is 25.9 Å². The lowest BCUT2D eigenvalue weighted by Crippen LogP contribution is -2.38. The molecule has 2 rings (SSSR count). The molecule has 22 heavy (non-hydrogen) atoms. The summed E-state index contributed by atoms with van der Waals surface area (Å²) in [7, 11) is 0. The van der Waals surface area contributed by atoms with Crippen LogP contribution in [0.5, 0.6) is 0 Å². The third-order valence-electron chi connectivity index (χ3n) is 4.11. The Morgan fingerprint density at radius 2 is 1.86 bits per heavy atom. The average Bonchev–Trinajstić information content (AvgIpc) is 2.52. The first-order chi connectivity index (χ1) is 10.5. The summed E-state index contributed by atoms with van der Waals surface area (Å²) in [5, 5.41) is 2.89. The molecule has 0 unspecified atom stereocenters. The van der Waals surface area contributed by atoms with Gasteiger partial charge >= 0.3 is 0 Å². The van der Waals surface area contributed by atoms with Crippen LogP contribution < -0.4 is 5.32 Å². The SMILES string of the molecule is CC(C)CNC(=O)c1cccc(C(=O)N2CCC(C)CC2)c1. The van der Waals surface area contributed by atoms with Crippen LogP contribution in [-0.2, 0) is 0 Å². The maximum absolute atomic E-state index is 12.5. The molecule has 1 aliphatic heterocycles. The summed E-state index contributed by atoms with van der Waals surface area (Å²) >= 11 is 0. The number of nitrogens with zero attached hydrogens (tertiary/aromatic N) is 1. The van der Waals surface area contributed by atoms with Crippen molar-refractivity contribution in [3.8, 4) is 0 Å². The Labute approximate surface area is 132 Å². The summed E-state index contributed by atoms with van der Waals surface area (Å²) in [4.78, 5) is 26.5. The second-order valence-electron chi connectivity index (χ2n) is 6.66. The highest BCUT2D eigenvalue weighted by Gasteiger charge is 2.22. The van der Waals surface area contributed by atoms with Crippen LogP contribution in [0.2, 0.25) is 0 Å². The number of piperidine rings is 1. The lowest BCUT2D eigenvalue weighted by atomic mass is 9.98. The van der Waals surface area contributed by atoms with Gasteiger partial charge in [0.05, 0.1) is 0 Å². The van der Waals surface area contributed by atoms with Crippen molar-refractivity contribution in [1.29, 1.82) is 0 Å². The van der Waals surface area contributed by atoms with Crippen molar-refractivity contribution in [2.24, 2.45) is 11.8 Å². The van der Waals surface area contributed by atoms with Crippen molar-refractivity contribution in [2.45, 2.75) is 33.6 Å². The number of amides is 2. The van der Waals surface area contributed by atoms with Gasteiger partial charge in [-0.25, -0.2) is 0 Å². The van der Waals surface area contributed by atoms with Gasteiger partial charge in [-0.05, 0) is 42.9 Å². The van der Waals surface area contributed by atoms with Crippen LogP contribution in [-0.4, -0.2) is 36.3 Å². The Balaban J connectivity index is 2.04. The van der Waals surface area contributed by atoms with Gasteiger partial charge < -0.3 is 10.2 Å². The number of hydrogen-bond donors (Lipinski definition) is 1. The van der Waals surface area contributed by atoms with Gasteiger partial charge in [0, 0.05) is 30.8 Å². The van der Waals surface area contributed by atoms with Gasteiger partial charge in [-0.1, -0.05) is 26.8 Å². The average molecular weight is 302 g/mol. The third kappa shape index (κ3) is 4.33. The molecule has 1 aromatic carbocycles. The maximum atomic E-state index is 12.5. The van der Waals surface area contributed by atoms with Crippen LogP contribution in [0.1, 0.15) is 54.3 Å². The van der Waals surface area contributed by atoms with Gasteiger partial charge in [0.2, 0.25) is 0 Å². The number of nitrogens with one attached hydrogen (secondary N) is 1. The van der Waals surface area contributed by atoms with Crippen molar-refractivity contribution in [1.82, 2.24) is 10.2 Å². The minimum Gasteiger partial charge on any atom is -0.352 e. The molecule has 120 valence electrons. The fourth-order valence-electron chi connectivity index (χ4n) is 2.59. The number of rotatable bonds is 4. The molecule has 4 nitrogen and oxygen atoms in total. The molecule has 2 amide bonds. The van der Waals surface area contributed by atoms with Gasteiger partial charge in [0.1, 0.15) is 0 Å². The zero-order valence-corrected chi connectivity index (χ0v) is 13.8. The lowest BCUT2D eigenvalue weighted by molar-refractivity contribution is 0.0697. The van der Waals surface area contributed by atoms with Gasteiger partial charge in [0.25, 0.3) is 11.8 Å². The molecular weight excluding hydrogens is 276 g/mol. The zero-order chi connectivity index (χ0) is 16.1. The molecule has 1 saturated heterocycles. The minimum absolute atomic E-state index is 0.0328. The summed E-state index contributed by atoms with van der Waals surface area (Å²) in [6, 6.07) is 7.03. The monoisotopic (exact) mass is 302 g/mol. The van der Waals surface area contributed by atoms with Crippen molar-refractivity contribution in [2.75, 3.05) is 19.6 Å². The standard InChI is InChI=1S/C18H26N2O2/c1-13(2)12-19-17(21)15-5-4-6-16(11-15)18(22)20-9-7-14(3)8-10-20/h4-6,11,13-14H,7-10,12H2,1-3H3,(H,19,21). The number of carbonyl (C=O) groups excluding carboxylic acids is 2. The molecule has 0 radical (unpaired) electrons. The molecule has 1 N–H and O–H groups in total. The van der Waals surface area contributed by atoms with E-state index in [9.17, 15) is 9.59 Å². The highest BCUT2D eigenvalue weighted by Crippen LogP contribution is 2.18. The van der Waals surface area contributed by atoms with Gasteiger partial charge in [0.15, 0.2) is 0 Å². The number of likely N-dealkylation sites (tertiary alicyclic amines) is 1. The largest absolute Gasteiger partial charge is 0.352 e. The molecule has 1 fully saturated rings. The summed E-state index contributed by atoms with van der Waals surface area (Å²) in [5.41, 5.74) is 1.16. The van der Waals surface area contributed by atoms with Crippen molar-refractivity contribution in [3.05, 3.63) is 35.4 Å². The van der Waals surface area contributed by atoms with E-state index in [-0.39, 0.29) is 11.8 Å². The Hall–Kier alpha value is -1.84. The Bertz CT molecular complexity index is 532. The zero-order valence-electron chi connectivity index (χ0n) is 13.8. The van der Waals surface area contributed by atoms with E-state index in [1.165, 1.54) is 0 Å². The molecule has 1 heterocycles. The minimum atomic E-state index is -0.115. The molecule has 0 atom stereocenters. The van der Waals surface area contributed by atoms with E-state index in [1.54, 1.807) is 24.3 Å². The predicted octanol–water partition coefficient (Wildman–Crippen LogP) is 2.94. The van der Waals surface area contributed by atoms with E-state index in [0.29, 0.717) is 29.5 Å². The first-order valence-corrected chi connectivity index (χ1v) is 8.15. The number of carbonyl (C=O) groups is 2. The van der Waals surface area contributed by atoms with Crippen LogP contribution in [0.25, 0.3) is 0 Å². The molecule has 1 aliphatic rings. The molecule has 1 aromatic rings. The van der Waals surface area contributed by atoms with Crippen LogP contribution in [0.4, 0.5) is 0 Å². The lowest BCUT2D eigenvalue weighted by Gasteiger charge is -2.30. The molecule has 0 spiro atoms. The summed E-state index contributed by atoms with van der Waals surface area (Å²) in [6.45, 7) is 8.59. The number of benzene rings is 1. The van der Waals surface area contributed by atoms with Gasteiger partial charge in [-0.3, -0.25) is 9.59 Å². The first-order valence-electron chi connectivity index (χ1n) is 8.15. The first kappa shape index (κ1) is 16.5. The highest BCUT2D eigenvalue weighted by molar-refractivity contribution is 5.99. The quantitative estimate of drug-likeness (QED) is 0.929. The van der Waals surface area contributed by atoms with Gasteiger partial charge in [-0.2, -0.15) is 0 Å². The summed E-state index contributed by atoms with van der Waals surface area (Å²) in [6.07, 6.45) is 2.11. The van der Waals surface area contributed by atoms with Crippen LogP contribution in [0, 0.1) is 11.8 Å². The molecule has 0 aliphatic carbocycles. The maximum Gasteiger partial charge on any atom is 0.253 e. The number of hydrogen-bond acceptors (Lipinski definition) is 2. The summed E-state index contributed by atoms with van der Waals surface area (Å²) < 4.78 is 0. The van der Waals surface area contributed by atoms with Crippen LogP contribution in [0.3, 0.4) is 0 Å². The third-order valence-corrected chi connectivity index (χ3v) is 4.11. The van der Waals surface area contributed by atoms with Crippen molar-refractivity contribution in [3.63, 3.8) is 0 Å². The smallest absolute Gasteiger partial charge is 0.253 e. The topological polar surface area (TPSA) is 49.4 Å². The Morgan fingerprint density at radius 3 is 2.50 bits per heavy atom. The van der Waals surface area contributed by atoms with Gasteiger partial charge in [-0.15, -0.1) is 0 Å². The van der Waals surface area contributed by atoms with E-state index in [1.807, 2.05) is 4.90 Å². The predicted molar refractivity (Wildman–Crippen MR) is 87.9 cm³/mol. The summed E-state index contributed by atoms with van der Waals surface area (Å²) in [5.74, 6) is 1.02. The molecule has 4 heteroatoms. The Kier molecular flexibility index (Phi) is 5.58. The van der Waals surface area contributed by atoms with E-state index in [4.69, 9.17) is 0 Å². The molecular formula is C18H26N2O2. The van der Waals surface area contributed by atoms with Crippen molar-refractivity contribution < 1.29 is 9.59 Å². The fourth-order valence-corrected chi connectivity index (χ4v) is 2.59. The highest BCUT2D eigenvalue weighted by atomic mass is 16.2. The normalized spacial score (nSPS) is 15.9. The molecule has 0 bridgehead atoms. The molecule has 0 aromatic heterocycles. The van der Waals surface area contributed by atoms with E-state index >= 15 is 0 Å². The Morgan fingerprint density at radius 1 is 1.23 bits per heavy atom. The second-order valence-corrected chi connectivity index (χ2v) is 6.66. The van der Waals surface area contributed by atoms with Crippen LogP contribution in [0.15, 0.2) is 24.3 Å². The van der Waals surface area contributed by atoms with E-state index in [2.05, 4.69) is 26.1 Å². The van der Waals surface area contributed by atoms with E-state index < -0.39 is 0 Å². The fraction of sp³-hybridized carbons (Fsp3) is 0.556. The second kappa shape index (κ2) is 7.43. The van der Waals surface area contributed by atoms with Crippen LogP contribution >= 0.6 is 0 Å².